The highest BCUT2D eigenvalue weighted by molar-refractivity contribution is 5.78. The Morgan fingerprint density at radius 3 is 3.10 bits per heavy atom. The molecule has 2 heteroatoms. The van der Waals surface area contributed by atoms with Crippen molar-refractivity contribution in [1.82, 2.24) is 0 Å². The smallest absolute Gasteiger partial charge is 0.133 e. The Labute approximate surface area is 61.6 Å². The zero-order valence-electron chi connectivity index (χ0n) is 6.43. The van der Waals surface area contributed by atoms with Crippen molar-refractivity contribution in [2.45, 2.75) is 38.7 Å². The van der Waals surface area contributed by atoms with Crippen LogP contribution in [0.4, 0.5) is 0 Å². The molecule has 1 rings (SSSR count). The van der Waals surface area contributed by atoms with Crippen molar-refractivity contribution < 1.29 is 9.53 Å². The molecule has 1 heterocycles. The summed E-state index contributed by atoms with van der Waals surface area (Å²) in [5.41, 5.74) is 0. The Morgan fingerprint density at radius 1 is 1.50 bits per heavy atom. The van der Waals surface area contributed by atoms with Crippen LogP contribution in [0.25, 0.3) is 0 Å². The predicted molar refractivity (Wildman–Crippen MR) is 38.9 cm³/mol. The van der Waals surface area contributed by atoms with E-state index < -0.39 is 0 Å². The van der Waals surface area contributed by atoms with Gasteiger partial charge >= 0.3 is 0 Å². The summed E-state index contributed by atoms with van der Waals surface area (Å²) < 4.78 is 5.38. The molecule has 0 aromatic heterocycles. The van der Waals surface area contributed by atoms with E-state index in [1.807, 2.05) is 6.92 Å². The first kappa shape index (κ1) is 7.73. The van der Waals surface area contributed by atoms with E-state index >= 15 is 0 Å². The molecule has 10 heavy (non-hydrogen) atoms. The van der Waals surface area contributed by atoms with Crippen LogP contribution in [-0.2, 0) is 9.53 Å². The zero-order valence-corrected chi connectivity index (χ0v) is 6.43. The highest BCUT2D eigenvalue weighted by Crippen LogP contribution is 2.09. The highest BCUT2D eigenvalue weighted by Gasteiger charge is 2.10. The maximum absolute atomic E-state index is 10.9. The minimum absolute atomic E-state index is 0.282. The van der Waals surface area contributed by atoms with Gasteiger partial charge in [-0.3, -0.25) is 4.79 Å². The van der Waals surface area contributed by atoms with Crippen LogP contribution >= 0.6 is 0 Å². The van der Waals surface area contributed by atoms with Crippen LogP contribution < -0.4 is 0 Å². The Hall–Kier alpha value is -0.370. The number of rotatable bonds is 0. The number of carbonyl (C=O) groups is 1. The van der Waals surface area contributed by atoms with Crippen LogP contribution in [0.15, 0.2) is 0 Å². The molecule has 0 bridgehead atoms. The summed E-state index contributed by atoms with van der Waals surface area (Å²) in [6, 6.07) is 0. The Bertz CT molecular complexity index is 120. The molecule has 0 amide bonds. The van der Waals surface area contributed by atoms with Crippen LogP contribution in [0, 0.1) is 0 Å². The van der Waals surface area contributed by atoms with Crippen molar-refractivity contribution in [2.75, 3.05) is 6.61 Å². The fourth-order valence-electron chi connectivity index (χ4n) is 1.13. The van der Waals surface area contributed by atoms with Crippen LogP contribution in [-0.4, -0.2) is 18.5 Å². The SMILES string of the molecule is CC1CCC(=O)CCCO1. The second-order valence-corrected chi connectivity index (χ2v) is 2.86. The zero-order chi connectivity index (χ0) is 7.40. The molecule has 0 aliphatic carbocycles. The molecule has 1 aliphatic heterocycles. The van der Waals surface area contributed by atoms with Gasteiger partial charge in [0.2, 0.25) is 0 Å². The highest BCUT2D eigenvalue weighted by atomic mass is 16.5. The van der Waals surface area contributed by atoms with E-state index in [4.69, 9.17) is 4.74 Å². The first-order chi connectivity index (χ1) is 4.79. The van der Waals surface area contributed by atoms with Crippen molar-refractivity contribution >= 4 is 5.78 Å². The van der Waals surface area contributed by atoms with Gasteiger partial charge in [-0.05, 0) is 19.8 Å². The third kappa shape index (κ3) is 2.48. The molecule has 1 fully saturated rings. The van der Waals surface area contributed by atoms with E-state index in [0.717, 1.165) is 19.4 Å². The van der Waals surface area contributed by atoms with Gasteiger partial charge < -0.3 is 4.74 Å². The molecule has 1 atom stereocenters. The molecule has 0 aromatic rings. The summed E-state index contributed by atoms with van der Waals surface area (Å²) >= 11 is 0. The third-order valence-corrected chi connectivity index (χ3v) is 1.83. The molecule has 0 spiro atoms. The van der Waals surface area contributed by atoms with Crippen LogP contribution in [0.5, 0.6) is 0 Å². The minimum atomic E-state index is 0.282. The number of hydrogen-bond donors (Lipinski definition) is 0. The van der Waals surface area contributed by atoms with Crippen molar-refractivity contribution in [2.24, 2.45) is 0 Å². The van der Waals surface area contributed by atoms with E-state index in [-0.39, 0.29) is 6.10 Å². The molecule has 2 nitrogen and oxygen atoms in total. The normalized spacial score (nSPS) is 29.3. The molecule has 0 radical (unpaired) electrons. The number of Topliss-reactive ketones (excluding diaryl/α,β-unsaturated/α-hetero) is 1. The molecule has 0 N–H and O–H groups in total. The van der Waals surface area contributed by atoms with Gasteiger partial charge in [0.25, 0.3) is 0 Å². The van der Waals surface area contributed by atoms with E-state index in [0.29, 0.717) is 18.6 Å². The van der Waals surface area contributed by atoms with Crippen LogP contribution in [0.1, 0.15) is 32.6 Å². The second-order valence-electron chi connectivity index (χ2n) is 2.86. The lowest BCUT2D eigenvalue weighted by atomic mass is 10.1. The van der Waals surface area contributed by atoms with Crippen molar-refractivity contribution in [3.63, 3.8) is 0 Å². The number of ketones is 1. The van der Waals surface area contributed by atoms with Gasteiger partial charge in [0, 0.05) is 19.4 Å². The maximum Gasteiger partial charge on any atom is 0.133 e. The summed E-state index contributed by atoms with van der Waals surface area (Å²) in [5, 5.41) is 0. The third-order valence-electron chi connectivity index (χ3n) is 1.83. The minimum Gasteiger partial charge on any atom is -0.378 e. The molecular formula is C8H14O2. The lowest BCUT2D eigenvalue weighted by molar-refractivity contribution is -0.121. The Morgan fingerprint density at radius 2 is 2.30 bits per heavy atom. The predicted octanol–water partition coefficient (Wildman–Crippen LogP) is 1.53. The van der Waals surface area contributed by atoms with Gasteiger partial charge in [0.1, 0.15) is 5.78 Å². The molecule has 1 unspecified atom stereocenters. The monoisotopic (exact) mass is 142 g/mol. The van der Waals surface area contributed by atoms with E-state index in [1.54, 1.807) is 0 Å². The molecular weight excluding hydrogens is 128 g/mol. The Balaban J connectivity index is 2.29. The van der Waals surface area contributed by atoms with Gasteiger partial charge in [-0.25, -0.2) is 0 Å². The number of ether oxygens (including phenoxy) is 1. The molecule has 0 aromatic carbocycles. The molecule has 0 saturated carbocycles. The first-order valence-electron chi connectivity index (χ1n) is 3.92. The average molecular weight is 142 g/mol. The lowest BCUT2D eigenvalue weighted by Crippen LogP contribution is -2.15. The molecule has 1 saturated heterocycles. The van der Waals surface area contributed by atoms with Gasteiger partial charge in [-0.15, -0.1) is 0 Å². The van der Waals surface area contributed by atoms with E-state index in [1.165, 1.54) is 0 Å². The standard InChI is InChI=1S/C8H14O2/c1-7-4-5-8(9)3-2-6-10-7/h7H,2-6H2,1H3. The summed E-state index contributed by atoms with van der Waals surface area (Å²) in [5.74, 6) is 0.398. The number of carbonyl (C=O) groups excluding carboxylic acids is 1. The summed E-state index contributed by atoms with van der Waals surface area (Å²) in [6.07, 6.45) is 3.51. The fourth-order valence-corrected chi connectivity index (χ4v) is 1.13. The second kappa shape index (κ2) is 3.71. The summed E-state index contributed by atoms with van der Waals surface area (Å²) in [6.45, 7) is 2.78. The van der Waals surface area contributed by atoms with Crippen molar-refractivity contribution in [3.05, 3.63) is 0 Å². The van der Waals surface area contributed by atoms with E-state index in [9.17, 15) is 4.79 Å². The van der Waals surface area contributed by atoms with E-state index in [2.05, 4.69) is 0 Å². The summed E-state index contributed by atoms with van der Waals surface area (Å²) in [7, 11) is 0. The maximum atomic E-state index is 10.9. The molecule has 58 valence electrons. The van der Waals surface area contributed by atoms with Gasteiger partial charge in [0.15, 0.2) is 0 Å². The fraction of sp³-hybridized carbons (Fsp3) is 0.875. The van der Waals surface area contributed by atoms with Gasteiger partial charge in [0.05, 0.1) is 6.10 Å². The quantitative estimate of drug-likeness (QED) is 0.512. The van der Waals surface area contributed by atoms with Gasteiger partial charge in [-0.2, -0.15) is 0 Å². The van der Waals surface area contributed by atoms with Crippen molar-refractivity contribution in [1.29, 1.82) is 0 Å². The average Bonchev–Trinajstić information content (AvgIpc) is 1.90. The van der Waals surface area contributed by atoms with Gasteiger partial charge in [-0.1, -0.05) is 0 Å². The molecule has 1 aliphatic rings. The topological polar surface area (TPSA) is 26.3 Å². The van der Waals surface area contributed by atoms with Crippen molar-refractivity contribution in [3.8, 4) is 0 Å². The van der Waals surface area contributed by atoms with Crippen LogP contribution in [0.3, 0.4) is 0 Å². The van der Waals surface area contributed by atoms with Crippen LogP contribution in [0.2, 0.25) is 0 Å². The Kier molecular flexibility index (Phi) is 2.87. The first-order valence-corrected chi connectivity index (χ1v) is 3.92. The summed E-state index contributed by atoms with van der Waals surface area (Å²) in [4.78, 5) is 10.9. The largest absolute Gasteiger partial charge is 0.378 e. The number of hydrogen-bond acceptors (Lipinski definition) is 2. The lowest BCUT2D eigenvalue weighted by Gasteiger charge is -2.15.